The van der Waals surface area contributed by atoms with Crippen LogP contribution in [0.5, 0.6) is 5.75 Å². The Bertz CT molecular complexity index is 1410. The van der Waals surface area contributed by atoms with Gasteiger partial charge in [-0.25, -0.2) is 0 Å². The van der Waals surface area contributed by atoms with Crippen LogP contribution in [0.25, 0.3) is 0 Å². The van der Waals surface area contributed by atoms with E-state index in [-0.39, 0.29) is 23.2 Å². The fraction of sp³-hybridized carbons (Fsp3) is 0.296. The number of anilines is 2. The SMILES string of the molecule is N#CC1C(=O)Nc2nc(N3CCC(C(N)=O)CC3)[nH]c(=O)c2C1c1ccc(OCc2ccccc2)cc1. The van der Waals surface area contributed by atoms with E-state index in [0.717, 1.165) is 5.56 Å². The second kappa shape index (κ2) is 10.1. The van der Waals surface area contributed by atoms with E-state index in [9.17, 15) is 19.6 Å². The first kappa shape index (κ1) is 24.1. The van der Waals surface area contributed by atoms with Crippen LogP contribution >= 0.6 is 0 Å². The molecule has 2 amide bonds. The molecule has 1 aromatic heterocycles. The predicted octanol–water partition coefficient (Wildman–Crippen LogP) is 2.27. The van der Waals surface area contributed by atoms with Gasteiger partial charge in [0.1, 0.15) is 24.1 Å². The highest BCUT2D eigenvalue weighted by molar-refractivity contribution is 5.98. The normalized spacial score (nSPS) is 19.4. The molecule has 4 N–H and O–H groups in total. The minimum Gasteiger partial charge on any atom is -0.489 e. The number of hydrogen-bond acceptors (Lipinski definition) is 7. The average molecular weight is 499 g/mol. The van der Waals surface area contributed by atoms with Gasteiger partial charge in [-0.3, -0.25) is 19.4 Å². The van der Waals surface area contributed by atoms with Crippen LogP contribution in [0.3, 0.4) is 0 Å². The third-order valence-corrected chi connectivity index (χ3v) is 6.93. The molecule has 10 nitrogen and oxygen atoms in total. The molecule has 2 atom stereocenters. The molecule has 2 aliphatic heterocycles. The number of nitriles is 1. The number of fused-ring (bicyclic) bond motifs is 1. The van der Waals surface area contributed by atoms with Crippen molar-refractivity contribution in [2.75, 3.05) is 23.3 Å². The van der Waals surface area contributed by atoms with Crippen LogP contribution in [-0.4, -0.2) is 34.9 Å². The van der Waals surface area contributed by atoms with Gasteiger partial charge < -0.3 is 20.7 Å². The molecule has 0 aliphatic carbocycles. The van der Waals surface area contributed by atoms with Gasteiger partial charge in [0.05, 0.1) is 11.6 Å². The molecule has 0 radical (unpaired) electrons. The number of nitrogens with two attached hydrogens (primary N) is 1. The third kappa shape index (κ3) is 4.89. The van der Waals surface area contributed by atoms with Gasteiger partial charge >= 0.3 is 0 Å². The van der Waals surface area contributed by atoms with Crippen molar-refractivity contribution >= 4 is 23.6 Å². The van der Waals surface area contributed by atoms with Crippen LogP contribution in [0.4, 0.5) is 11.8 Å². The highest BCUT2D eigenvalue weighted by Gasteiger charge is 2.40. The number of benzene rings is 2. The molecule has 0 bridgehead atoms. The molecule has 3 heterocycles. The number of carbonyl (C=O) groups is 2. The van der Waals surface area contributed by atoms with Crippen LogP contribution in [0, 0.1) is 23.2 Å². The van der Waals surface area contributed by atoms with E-state index in [2.05, 4.69) is 15.3 Å². The maximum atomic E-state index is 13.3. The molecule has 0 saturated carbocycles. The zero-order valence-corrected chi connectivity index (χ0v) is 20.0. The van der Waals surface area contributed by atoms with Gasteiger partial charge in [-0.05, 0) is 36.1 Å². The van der Waals surface area contributed by atoms with Crippen molar-refractivity contribution in [1.82, 2.24) is 9.97 Å². The number of hydrogen-bond donors (Lipinski definition) is 3. The number of aromatic amines is 1. The van der Waals surface area contributed by atoms with Crippen molar-refractivity contribution < 1.29 is 14.3 Å². The van der Waals surface area contributed by atoms with E-state index in [4.69, 9.17) is 10.5 Å². The fourth-order valence-corrected chi connectivity index (χ4v) is 4.90. The second-order valence-electron chi connectivity index (χ2n) is 9.23. The summed E-state index contributed by atoms with van der Waals surface area (Å²) in [7, 11) is 0. The lowest BCUT2D eigenvalue weighted by atomic mass is 9.79. The van der Waals surface area contributed by atoms with Gasteiger partial charge in [-0.15, -0.1) is 0 Å². The summed E-state index contributed by atoms with van der Waals surface area (Å²) in [6, 6.07) is 18.9. The van der Waals surface area contributed by atoms with E-state index < -0.39 is 23.3 Å². The summed E-state index contributed by atoms with van der Waals surface area (Å²) < 4.78 is 5.85. The van der Waals surface area contributed by atoms with E-state index in [1.807, 2.05) is 41.3 Å². The number of ether oxygens (including phenoxy) is 1. The summed E-state index contributed by atoms with van der Waals surface area (Å²) in [6.45, 7) is 1.40. The standard InChI is InChI=1S/C27H26N6O4/c28-14-20-21(17-6-8-19(9-7-17)37-15-16-4-2-1-3-5-16)22-24(30-25(20)35)31-27(32-26(22)36)33-12-10-18(11-13-33)23(29)34/h1-9,18,20-21H,10-13,15H2,(H2,29,34)(H2,30,31,32,35,36). The number of H-pyrrole nitrogens is 1. The number of piperidine rings is 1. The van der Waals surface area contributed by atoms with Crippen molar-refractivity contribution in [2.45, 2.75) is 25.4 Å². The maximum Gasteiger partial charge on any atom is 0.258 e. The summed E-state index contributed by atoms with van der Waals surface area (Å²) in [5.41, 5.74) is 6.90. The van der Waals surface area contributed by atoms with E-state index in [1.165, 1.54) is 0 Å². The number of amides is 2. The Morgan fingerprint density at radius 2 is 1.81 bits per heavy atom. The molecule has 188 valence electrons. The molecule has 0 spiro atoms. The Morgan fingerprint density at radius 3 is 2.46 bits per heavy atom. The molecule has 3 aromatic rings. The van der Waals surface area contributed by atoms with E-state index in [0.29, 0.717) is 49.8 Å². The maximum absolute atomic E-state index is 13.3. The lowest BCUT2D eigenvalue weighted by Gasteiger charge is -2.33. The van der Waals surface area contributed by atoms with Gasteiger partial charge in [0.25, 0.3) is 5.56 Å². The van der Waals surface area contributed by atoms with Crippen LogP contribution in [-0.2, 0) is 16.2 Å². The Balaban J connectivity index is 1.41. The van der Waals surface area contributed by atoms with Crippen molar-refractivity contribution in [3.8, 4) is 11.8 Å². The summed E-state index contributed by atoms with van der Waals surface area (Å²) in [4.78, 5) is 46.8. The van der Waals surface area contributed by atoms with Crippen molar-refractivity contribution in [3.05, 3.63) is 81.6 Å². The molecule has 2 aromatic carbocycles. The Kier molecular flexibility index (Phi) is 6.60. The molecule has 5 rings (SSSR count). The number of nitrogens with one attached hydrogen (secondary N) is 2. The number of rotatable bonds is 6. The lowest BCUT2D eigenvalue weighted by molar-refractivity contribution is -0.122. The van der Waals surface area contributed by atoms with Gasteiger partial charge in [-0.2, -0.15) is 10.2 Å². The number of primary amides is 1. The number of aromatic nitrogens is 2. The first-order chi connectivity index (χ1) is 17.9. The van der Waals surface area contributed by atoms with Crippen molar-refractivity contribution in [1.29, 1.82) is 5.26 Å². The van der Waals surface area contributed by atoms with Gasteiger partial charge in [-0.1, -0.05) is 42.5 Å². The minimum atomic E-state index is -1.09. The molecular weight excluding hydrogens is 472 g/mol. The minimum absolute atomic E-state index is 0.140. The Labute approximate surface area is 213 Å². The van der Waals surface area contributed by atoms with Gasteiger partial charge in [0.15, 0.2) is 0 Å². The summed E-state index contributed by atoms with van der Waals surface area (Å²) in [6.07, 6.45) is 1.11. The van der Waals surface area contributed by atoms with Gasteiger partial charge in [0.2, 0.25) is 17.8 Å². The molecule has 2 unspecified atom stereocenters. The van der Waals surface area contributed by atoms with E-state index >= 15 is 0 Å². The summed E-state index contributed by atoms with van der Waals surface area (Å²) in [5, 5.41) is 12.4. The van der Waals surface area contributed by atoms with Crippen molar-refractivity contribution in [2.24, 2.45) is 17.6 Å². The van der Waals surface area contributed by atoms with Gasteiger partial charge in [0, 0.05) is 24.9 Å². The largest absolute Gasteiger partial charge is 0.489 e. The molecule has 10 heteroatoms. The Morgan fingerprint density at radius 1 is 1.11 bits per heavy atom. The van der Waals surface area contributed by atoms with E-state index in [1.54, 1.807) is 24.3 Å². The predicted molar refractivity (Wildman–Crippen MR) is 136 cm³/mol. The summed E-state index contributed by atoms with van der Waals surface area (Å²) in [5.74, 6) is -1.86. The Hall–Kier alpha value is -4.65. The zero-order chi connectivity index (χ0) is 25.9. The molecule has 2 aliphatic rings. The molecular formula is C27H26N6O4. The van der Waals surface area contributed by atoms with Crippen LogP contribution in [0.2, 0.25) is 0 Å². The quantitative estimate of drug-likeness (QED) is 0.471. The number of nitrogens with zero attached hydrogens (tertiary/aromatic N) is 3. The third-order valence-electron chi connectivity index (χ3n) is 6.93. The molecule has 1 fully saturated rings. The van der Waals surface area contributed by atoms with Crippen LogP contribution in [0.15, 0.2) is 59.4 Å². The lowest BCUT2D eigenvalue weighted by Crippen LogP contribution is -2.42. The summed E-state index contributed by atoms with van der Waals surface area (Å²) >= 11 is 0. The highest BCUT2D eigenvalue weighted by atomic mass is 16.5. The second-order valence-corrected chi connectivity index (χ2v) is 9.23. The monoisotopic (exact) mass is 498 g/mol. The van der Waals surface area contributed by atoms with Crippen LogP contribution < -0.4 is 26.2 Å². The molecule has 1 saturated heterocycles. The first-order valence-electron chi connectivity index (χ1n) is 12.1. The smallest absolute Gasteiger partial charge is 0.258 e. The topological polar surface area (TPSA) is 154 Å². The highest BCUT2D eigenvalue weighted by Crippen LogP contribution is 2.39. The zero-order valence-electron chi connectivity index (χ0n) is 20.0. The fourth-order valence-electron chi connectivity index (χ4n) is 4.90. The van der Waals surface area contributed by atoms with Crippen LogP contribution in [0.1, 0.15) is 35.4 Å². The first-order valence-corrected chi connectivity index (χ1v) is 12.1. The molecule has 37 heavy (non-hydrogen) atoms. The van der Waals surface area contributed by atoms with Crippen molar-refractivity contribution in [3.63, 3.8) is 0 Å². The average Bonchev–Trinajstić information content (AvgIpc) is 2.92. The number of carbonyl (C=O) groups excluding carboxylic acids is 2.